The van der Waals surface area contributed by atoms with E-state index in [1.54, 1.807) is 0 Å². The number of nitrogen functional groups attached to an aromatic ring is 1. The molecular formula is C31H32ClF3N10O5. The number of aliphatic hydroxyl groups excluding tert-OH is 2. The molecule has 7 N–H and O–H groups in total. The van der Waals surface area contributed by atoms with Crippen molar-refractivity contribution in [3.8, 4) is 17.1 Å². The van der Waals surface area contributed by atoms with E-state index in [1.807, 2.05) is 0 Å². The number of anilines is 2. The minimum Gasteiger partial charge on any atom is -0.397 e. The Morgan fingerprint density at radius 2 is 1.90 bits per heavy atom. The summed E-state index contributed by atoms with van der Waals surface area (Å²) in [4.78, 5) is 48.9. The molecule has 15 nitrogen and oxygen atoms in total. The fraction of sp³-hybridized carbons (Fsp3) is 0.355. The highest BCUT2D eigenvalue weighted by Gasteiger charge is 2.41. The minimum atomic E-state index is -4.84. The largest absolute Gasteiger partial charge is 0.435 e. The van der Waals surface area contributed by atoms with E-state index in [9.17, 15) is 37.8 Å². The van der Waals surface area contributed by atoms with Crippen LogP contribution in [0.15, 0.2) is 48.9 Å². The Balaban J connectivity index is 1.14. The Hall–Kier alpha value is -5.04. The molecule has 2 unspecified atom stereocenters. The quantitative estimate of drug-likeness (QED) is 0.155. The van der Waals surface area contributed by atoms with Crippen molar-refractivity contribution in [2.75, 3.05) is 37.3 Å². The number of rotatable bonds is 8. The van der Waals surface area contributed by atoms with Gasteiger partial charge < -0.3 is 41.4 Å². The predicted octanol–water partition coefficient (Wildman–Crippen LogP) is 1.45. The number of likely N-dealkylation sites (tertiary alicyclic amines) is 1. The Bertz CT molecular complexity index is 1930. The number of hydrogen-bond acceptors (Lipinski definition) is 10. The zero-order chi connectivity index (χ0) is 35.9. The zero-order valence-corrected chi connectivity index (χ0v) is 27.1. The van der Waals surface area contributed by atoms with Crippen molar-refractivity contribution in [1.82, 2.24) is 39.8 Å². The van der Waals surface area contributed by atoms with Crippen molar-refractivity contribution in [3.63, 3.8) is 0 Å². The molecule has 0 aliphatic carbocycles. The molecule has 264 valence electrons. The lowest BCUT2D eigenvalue weighted by Gasteiger charge is -2.21. The van der Waals surface area contributed by atoms with E-state index in [-0.39, 0.29) is 71.2 Å². The van der Waals surface area contributed by atoms with Gasteiger partial charge in [0.1, 0.15) is 0 Å². The number of carbonyl (C=O) groups excluding carboxylic acids is 3. The van der Waals surface area contributed by atoms with Gasteiger partial charge in [0.25, 0.3) is 11.8 Å². The van der Waals surface area contributed by atoms with E-state index in [1.165, 1.54) is 53.0 Å². The highest BCUT2D eigenvalue weighted by Crippen LogP contribution is 2.37. The van der Waals surface area contributed by atoms with Crippen molar-refractivity contribution in [2.45, 2.75) is 30.8 Å². The SMILES string of the molecule is Cn1c(-c2cn(-c3ccc(N)cn3)nc2C(F)(F)F)cnc1C(=O)Nc1ccc(C(=O)NC2CN(C(=O)[C@H]3C[C@H](O)CN3)CC2CO)c(Cl)c1. The molecule has 6 rings (SSSR count). The van der Waals surface area contributed by atoms with E-state index in [0.29, 0.717) is 12.2 Å². The first kappa shape index (κ1) is 34.8. The first-order chi connectivity index (χ1) is 23.7. The van der Waals surface area contributed by atoms with Crippen LogP contribution in [0.3, 0.4) is 0 Å². The normalized spacial score (nSPS) is 20.7. The van der Waals surface area contributed by atoms with Crippen LogP contribution in [-0.4, -0.2) is 102 Å². The molecule has 0 bridgehead atoms. The average Bonchev–Trinajstić information content (AvgIpc) is 3.86. The molecule has 1 aromatic carbocycles. The molecule has 0 radical (unpaired) electrons. The fourth-order valence-corrected chi connectivity index (χ4v) is 6.29. The van der Waals surface area contributed by atoms with Gasteiger partial charge in [-0.25, -0.2) is 14.6 Å². The van der Waals surface area contributed by atoms with Gasteiger partial charge in [-0.15, -0.1) is 0 Å². The lowest BCUT2D eigenvalue weighted by Crippen LogP contribution is -2.45. The number of halogens is 4. The number of carbonyl (C=O) groups is 3. The van der Waals surface area contributed by atoms with Crippen LogP contribution in [0.4, 0.5) is 24.5 Å². The van der Waals surface area contributed by atoms with Gasteiger partial charge in [-0.2, -0.15) is 18.3 Å². The molecule has 0 spiro atoms. The van der Waals surface area contributed by atoms with E-state index in [2.05, 4.69) is 31.0 Å². The lowest BCUT2D eigenvalue weighted by atomic mass is 10.0. The van der Waals surface area contributed by atoms with Crippen LogP contribution >= 0.6 is 11.6 Å². The van der Waals surface area contributed by atoms with E-state index in [4.69, 9.17) is 17.3 Å². The highest BCUT2D eigenvalue weighted by molar-refractivity contribution is 6.34. The molecule has 50 heavy (non-hydrogen) atoms. The maximum absolute atomic E-state index is 14.0. The number of aliphatic hydroxyl groups is 2. The third-order valence-corrected chi connectivity index (χ3v) is 8.95. The van der Waals surface area contributed by atoms with Gasteiger partial charge in [-0.3, -0.25) is 14.4 Å². The van der Waals surface area contributed by atoms with Crippen LogP contribution in [0.25, 0.3) is 17.1 Å². The molecule has 0 saturated carbocycles. The van der Waals surface area contributed by atoms with Crippen molar-refractivity contribution in [2.24, 2.45) is 13.0 Å². The van der Waals surface area contributed by atoms with Gasteiger partial charge in [-0.05, 0) is 36.8 Å². The number of nitrogens with one attached hydrogen (secondary N) is 3. The van der Waals surface area contributed by atoms with Crippen LogP contribution in [0.2, 0.25) is 5.02 Å². The summed E-state index contributed by atoms with van der Waals surface area (Å²) in [5, 5.41) is 31.7. The molecule has 2 aliphatic rings. The van der Waals surface area contributed by atoms with E-state index >= 15 is 0 Å². The second-order valence-corrected chi connectivity index (χ2v) is 12.5. The van der Waals surface area contributed by atoms with Crippen LogP contribution in [0, 0.1) is 5.92 Å². The Morgan fingerprint density at radius 3 is 2.54 bits per heavy atom. The van der Waals surface area contributed by atoms with Crippen molar-refractivity contribution in [1.29, 1.82) is 0 Å². The molecule has 19 heteroatoms. The van der Waals surface area contributed by atoms with Crippen molar-refractivity contribution < 1.29 is 37.8 Å². The number of benzene rings is 1. The summed E-state index contributed by atoms with van der Waals surface area (Å²) in [5.41, 5.74) is 4.61. The van der Waals surface area contributed by atoms with Crippen LogP contribution in [0.5, 0.6) is 0 Å². The molecule has 5 heterocycles. The molecule has 3 aromatic heterocycles. The number of amides is 3. The molecule has 2 fully saturated rings. The molecular weight excluding hydrogens is 685 g/mol. The summed E-state index contributed by atoms with van der Waals surface area (Å²) in [6, 6.07) is 5.90. The topological polar surface area (TPSA) is 206 Å². The number of alkyl halides is 3. The smallest absolute Gasteiger partial charge is 0.397 e. The molecule has 3 amide bonds. The zero-order valence-electron chi connectivity index (χ0n) is 26.4. The second-order valence-electron chi connectivity index (χ2n) is 12.1. The lowest BCUT2D eigenvalue weighted by molar-refractivity contribution is -0.140. The predicted molar refractivity (Wildman–Crippen MR) is 173 cm³/mol. The summed E-state index contributed by atoms with van der Waals surface area (Å²) in [5.74, 6) is -2.10. The first-order valence-electron chi connectivity index (χ1n) is 15.4. The fourth-order valence-electron chi connectivity index (χ4n) is 6.03. The molecule has 4 atom stereocenters. The Morgan fingerprint density at radius 1 is 1.12 bits per heavy atom. The monoisotopic (exact) mass is 716 g/mol. The van der Waals surface area contributed by atoms with Crippen molar-refractivity contribution in [3.05, 3.63) is 71.0 Å². The highest BCUT2D eigenvalue weighted by atomic mass is 35.5. The minimum absolute atomic E-state index is 0.0186. The number of aromatic nitrogens is 5. The number of pyridine rings is 1. The Kier molecular flexibility index (Phi) is 9.54. The van der Waals surface area contributed by atoms with Gasteiger partial charge in [0, 0.05) is 51.1 Å². The van der Waals surface area contributed by atoms with E-state index in [0.717, 1.165) is 17.1 Å². The van der Waals surface area contributed by atoms with Crippen LogP contribution in [0.1, 0.15) is 33.1 Å². The number of nitrogens with two attached hydrogens (primary N) is 1. The van der Waals surface area contributed by atoms with Gasteiger partial charge in [0.15, 0.2) is 17.3 Å². The summed E-state index contributed by atoms with van der Waals surface area (Å²) < 4.78 is 44.2. The third-order valence-electron chi connectivity index (χ3n) is 8.64. The standard InChI is InChI=1S/C31H32ClF3N10O5/c1-43-24(20-12-45(42-26(20)31(33,34)35)25-5-2-16(36)8-38-25)10-39-27(43)29(49)40-17-3-4-19(21(32)6-17)28(48)41-23-13-44(11-15(23)14-46)30(50)22-7-18(47)9-37-22/h2-6,8,10,12,15,18,22-23,37,46-47H,7,9,11,13-14,36H2,1H3,(H,40,49)(H,41,48)/t15?,18-,22+,23?/m0/s1. The van der Waals surface area contributed by atoms with Gasteiger partial charge in [0.05, 0.1) is 58.1 Å². The second kappa shape index (κ2) is 13.7. The Labute approximate surface area is 287 Å². The number of imidazole rings is 1. The first-order valence-corrected chi connectivity index (χ1v) is 15.7. The third kappa shape index (κ3) is 7.00. The van der Waals surface area contributed by atoms with Crippen LogP contribution in [-0.2, 0) is 18.0 Å². The molecule has 2 saturated heterocycles. The van der Waals surface area contributed by atoms with Crippen molar-refractivity contribution >= 4 is 40.7 Å². The summed E-state index contributed by atoms with van der Waals surface area (Å²) in [6.45, 7) is 0.417. The summed E-state index contributed by atoms with van der Waals surface area (Å²) in [6.07, 6.45) is -1.64. The number of β-amino-alcohol motifs (C(OH)–C–C–N with tert-alkyl or cyclic N) is 1. The average molecular weight is 717 g/mol. The van der Waals surface area contributed by atoms with Gasteiger partial charge >= 0.3 is 6.18 Å². The van der Waals surface area contributed by atoms with Gasteiger partial charge in [0.2, 0.25) is 5.91 Å². The number of nitrogens with zero attached hydrogens (tertiary/aromatic N) is 6. The molecule has 4 aromatic rings. The molecule has 2 aliphatic heterocycles. The maximum atomic E-state index is 14.0. The summed E-state index contributed by atoms with van der Waals surface area (Å²) >= 11 is 6.42. The summed E-state index contributed by atoms with van der Waals surface area (Å²) in [7, 11) is 1.38. The maximum Gasteiger partial charge on any atom is 0.435 e. The van der Waals surface area contributed by atoms with E-state index < -0.39 is 47.8 Å². The van der Waals surface area contributed by atoms with Gasteiger partial charge in [-0.1, -0.05) is 11.6 Å². The number of hydrogen-bond donors (Lipinski definition) is 6. The van der Waals surface area contributed by atoms with Crippen LogP contribution < -0.4 is 21.7 Å².